The third-order valence-corrected chi connectivity index (χ3v) is 5.24. The number of nitrogens with one attached hydrogen (secondary N) is 1. The number of hydrogen-bond acceptors (Lipinski definition) is 5. The number of hydrogen-bond donors (Lipinski definition) is 1. The van der Waals surface area contributed by atoms with Crippen LogP contribution in [0.25, 0.3) is 0 Å². The van der Waals surface area contributed by atoms with Gasteiger partial charge in [-0.3, -0.25) is 9.69 Å². The summed E-state index contributed by atoms with van der Waals surface area (Å²) in [4.78, 5) is 21.0. The fourth-order valence-corrected chi connectivity index (χ4v) is 3.24. The predicted octanol–water partition coefficient (Wildman–Crippen LogP) is 3.43. The van der Waals surface area contributed by atoms with Crippen LogP contribution >= 0.6 is 0 Å². The van der Waals surface area contributed by atoms with Gasteiger partial charge in [-0.1, -0.05) is 45.0 Å². The molecule has 0 saturated heterocycles. The number of nitrogens with zero attached hydrogens (tertiary/aromatic N) is 3. The molecule has 158 valence electrons. The fraction of sp³-hybridized carbons (Fsp3) is 0.565. The van der Waals surface area contributed by atoms with E-state index < -0.39 is 0 Å². The van der Waals surface area contributed by atoms with Crippen LogP contribution in [0.1, 0.15) is 61.1 Å². The first-order valence-corrected chi connectivity index (χ1v) is 10.4. The smallest absolute Gasteiger partial charge is 0.273 e. The van der Waals surface area contributed by atoms with Gasteiger partial charge in [0.1, 0.15) is 6.26 Å². The summed E-state index contributed by atoms with van der Waals surface area (Å²) in [6.45, 7) is 9.56. The van der Waals surface area contributed by atoms with Gasteiger partial charge in [-0.25, -0.2) is 4.98 Å². The average molecular weight is 399 g/mol. The molecule has 0 atom stereocenters. The van der Waals surface area contributed by atoms with E-state index in [1.807, 2.05) is 19.0 Å². The lowest BCUT2D eigenvalue weighted by Gasteiger charge is -2.22. The Morgan fingerprint density at radius 2 is 1.86 bits per heavy atom. The number of carbonyl (C=O) groups is 1. The molecule has 1 aromatic carbocycles. The molecule has 3 rings (SSSR count). The molecule has 1 aromatic heterocycles. The topological polar surface area (TPSA) is 61.6 Å². The van der Waals surface area contributed by atoms with Crippen LogP contribution in [-0.2, 0) is 18.5 Å². The lowest BCUT2D eigenvalue weighted by Crippen LogP contribution is -2.31. The quantitative estimate of drug-likeness (QED) is 0.701. The van der Waals surface area contributed by atoms with Gasteiger partial charge in [-0.2, -0.15) is 0 Å². The van der Waals surface area contributed by atoms with Gasteiger partial charge in [0.2, 0.25) is 5.89 Å². The van der Waals surface area contributed by atoms with Crippen molar-refractivity contribution in [2.24, 2.45) is 0 Å². The summed E-state index contributed by atoms with van der Waals surface area (Å²) in [5.74, 6) is 0.415. The summed E-state index contributed by atoms with van der Waals surface area (Å²) in [5, 5.41) is 2.87. The van der Waals surface area contributed by atoms with Gasteiger partial charge in [0.25, 0.3) is 5.91 Å². The standard InChI is InChI=1S/C23H34N4O2/c1-23(2,3)18-8-6-17(7-9-18)14-27(19-10-11-19)15-21-25-20(16-29-21)22(28)24-12-13-26(4)5/h6-9,16,19H,10-15H2,1-5H3,(H,24,28). The molecule has 0 bridgehead atoms. The normalized spacial score (nSPS) is 14.6. The molecule has 2 aromatic rings. The molecule has 6 heteroatoms. The zero-order chi connectivity index (χ0) is 21.0. The van der Waals surface area contributed by atoms with Crippen molar-refractivity contribution in [2.75, 3.05) is 27.2 Å². The number of amides is 1. The minimum Gasteiger partial charge on any atom is -0.447 e. The highest BCUT2D eigenvalue weighted by atomic mass is 16.3. The first-order valence-electron chi connectivity index (χ1n) is 10.4. The van der Waals surface area contributed by atoms with E-state index in [1.165, 1.54) is 30.2 Å². The molecule has 1 amide bonds. The van der Waals surface area contributed by atoms with Gasteiger partial charge in [0.15, 0.2) is 5.69 Å². The number of aromatic nitrogens is 1. The Labute approximate surface area is 174 Å². The van der Waals surface area contributed by atoms with Crippen molar-refractivity contribution in [3.63, 3.8) is 0 Å². The van der Waals surface area contributed by atoms with Gasteiger partial charge in [0, 0.05) is 25.7 Å². The Kier molecular flexibility index (Phi) is 6.75. The SMILES string of the molecule is CN(C)CCNC(=O)c1coc(CN(Cc2ccc(C(C)(C)C)cc2)C2CC2)n1. The first-order chi connectivity index (χ1) is 13.7. The number of benzene rings is 1. The van der Waals surface area contributed by atoms with Crippen molar-refractivity contribution in [1.82, 2.24) is 20.1 Å². The average Bonchev–Trinajstić information content (AvgIpc) is 3.39. The number of rotatable bonds is 9. The summed E-state index contributed by atoms with van der Waals surface area (Å²) in [7, 11) is 3.95. The Bertz CT molecular complexity index is 801. The van der Waals surface area contributed by atoms with Crippen LogP contribution in [-0.4, -0.2) is 53.9 Å². The second kappa shape index (κ2) is 9.09. The van der Waals surface area contributed by atoms with Gasteiger partial charge in [0.05, 0.1) is 6.54 Å². The van der Waals surface area contributed by atoms with Crippen LogP contribution < -0.4 is 5.32 Å². The van der Waals surface area contributed by atoms with E-state index in [-0.39, 0.29) is 11.3 Å². The van der Waals surface area contributed by atoms with Crippen LogP contribution in [0.15, 0.2) is 34.9 Å². The van der Waals surface area contributed by atoms with E-state index in [0.717, 1.165) is 13.1 Å². The molecule has 1 saturated carbocycles. The summed E-state index contributed by atoms with van der Waals surface area (Å²) in [6.07, 6.45) is 3.88. The maximum Gasteiger partial charge on any atom is 0.273 e. The van der Waals surface area contributed by atoms with Crippen LogP contribution in [0, 0.1) is 0 Å². The highest BCUT2D eigenvalue weighted by Gasteiger charge is 2.30. The van der Waals surface area contributed by atoms with Gasteiger partial charge in [-0.05, 0) is 43.5 Å². The Morgan fingerprint density at radius 3 is 2.45 bits per heavy atom. The van der Waals surface area contributed by atoms with Crippen molar-refractivity contribution in [3.05, 3.63) is 53.2 Å². The summed E-state index contributed by atoms with van der Waals surface area (Å²) in [5.41, 5.74) is 3.15. The van der Waals surface area contributed by atoms with Crippen molar-refractivity contribution >= 4 is 5.91 Å². The van der Waals surface area contributed by atoms with Gasteiger partial charge >= 0.3 is 0 Å². The maximum absolute atomic E-state index is 12.2. The predicted molar refractivity (Wildman–Crippen MR) is 115 cm³/mol. The van der Waals surface area contributed by atoms with Crippen molar-refractivity contribution < 1.29 is 9.21 Å². The highest BCUT2D eigenvalue weighted by Crippen LogP contribution is 2.30. The molecule has 1 N–H and O–H groups in total. The molecule has 1 aliphatic carbocycles. The molecule has 1 heterocycles. The van der Waals surface area contributed by atoms with E-state index >= 15 is 0 Å². The summed E-state index contributed by atoms with van der Waals surface area (Å²) >= 11 is 0. The Hall–Kier alpha value is -2.18. The van der Waals surface area contributed by atoms with E-state index in [0.29, 0.717) is 30.7 Å². The summed E-state index contributed by atoms with van der Waals surface area (Å²) < 4.78 is 5.60. The molecule has 0 radical (unpaired) electrons. The molecule has 6 nitrogen and oxygen atoms in total. The molecule has 1 aliphatic rings. The molecule has 0 unspecified atom stereocenters. The van der Waals surface area contributed by atoms with Gasteiger partial charge in [-0.15, -0.1) is 0 Å². The van der Waals surface area contributed by atoms with Crippen LogP contribution in [0.2, 0.25) is 0 Å². The second-order valence-electron chi connectivity index (χ2n) is 9.27. The number of likely N-dealkylation sites (N-methyl/N-ethyl adjacent to an activating group) is 1. The van der Waals surface area contributed by atoms with E-state index in [1.54, 1.807) is 0 Å². The van der Waals surface area contributed by atoms with Gasteiger partial charge < -0.3 is 14.6 Å². The largest absolute Gasteiger partial charge is 0.447 e. The van der Waals surface area contributed by atoms with Crippen molar-refractivity contribution in [1.29, 1.82) is 0 Å². The zero-order valence-electron chi connectivity index (χ0n) is 18.4. The minimum atomic E-state index is -0.183. The van der Waals surface area contributed by atoms with Crippen molar-refractivity contribution in [3.8, 4) is 0 Å². The lowest BCUT2D eigenvalue weighted by atomic mass is 9.87. The van der Waals surface area contributed by atoms with E-state index in [9.17, 15) is 4.79 Å². The Morgan fingerprint density at radius 1 is 1.17 bits per heavy atom. The molecular formula is C23H34N4O2. The number of carbonyl (C=O) groups excluding carboxylic acids is 1. The molecular weight excluding hydrogens is 364 g/mol. The van der Waals surface area contributed by atoms with Crippen LogP contribution in [0.5, 0.6) is 0 Å². The maximum atomic E-state index is 12.2. The molecule has 1 fully saturated rings. The molecule has 0 aliphatic heterocycles. The zero-order valence-corrected chi connectivity index (χ0v) is 18.4. The third kappa shape index (κ3) is 6.41. The van der Waals surface area contributed by atoms with Crippen LogP contribution in [0.3, 0.4) is 0 Å². The van der Waals surface area contributed by atoms with Crippen LogP contribution in [0.4, 0.5) is 0 Å². The minimum absolute atomic E-state index is 0.163. The molecule has 29 heavy (non-hydrogen) atoms. The molecule has 0 spiro atoms. The fourth-order valence-electron chi connectivity index (χ4n) is 3.24. The summed E-state index contributed by atoms with van der Waals surface area (Å²) in [6, 6.07) is 9.45. The van der Waals surface area contributed by atoms with E-state index in [2.05, 4.69) is 60.2 Å². The van der Waals surface area contributed by atoms with Crippen molar-refractivity contribution in [2.45, 2.75) is 58.2 Å². The lowest BCUT2D eigenvalue weighted by molar-refractivity contribution is 0.0946. The Balaban J connectivity index is 1.59. The third-order valence-electron chi connectivity index (χ3n) is 5.24. The monoisotopic (exact) mass is 398 g/mol. The second-order valence-corrected chi connectivity index (χ2v) is 9.27. The first kappa shape index (κ1) is 21.5. The van der Waals surface area contributed by atoms with E-state index in [4.69, 9.17) is 4.42 Å². The number of oxazole rings is 1. The highest BCUT2D eigenvalue weighted by molar-refractivity contribution is 5.91.